The van der Waals surface area contributed by atoms with Crippen LogP contribution < -0.4 is 11.1 Å². The van der Waals surface area contributed by atoms with E-state index in [2.05, 4.69) is 5.32 Å². The monoisotopic (exact) mass is 254 g/mol. The SMILES string of the molecule is Cc1ccc(CNc2c(N)ccc(F)c2F)s1. The van der Waals surface area contributed by atoms with E-state index >= 15 is 0 Å². The number of halogens is 2. The average molecular weight is 254 g/mol. The maximum absolute atomic E-state index is 13.5. The summed E-state index contributed by atoms with van der Waals surface area (Å²) in [4.78, 5) is 2.22. The Kier molecular flexibility index (Phi) is 3.28. The molecule has 1 aromatic heterocycles. The number of benzene rings is 1. The smallest absolute Gasteiger partial charge is 0.183 e. The van der Waals surface area contributed by atoms with Crippen molar-refractivity contribution in [3.8, 4) is 0 Å². The fourth-order valence-electron chi connectivity index (χ4n) is 1.50. The molecule has 3 N–H and O–H groups in total. The van der Waals surface area contributed by atoms with E-state index in [-0.39, 0.29) is 11.4 Å². The number of rotatable bonds is 3. The predicted octanol–water partition coefficient (Wildman–Crippen LogP) is 3.53. The van der Waals surface area contributed by atoms with Gasteiger partial charge in [0, 0.05) is 16.3 Å². The van der Waals surface area contributed by atoms with Gasteiger partial charge in [0.15, 0.2) is 11.6 Å². The van der Waals surface area contributed by atoms with Gasteiger partial charge in [0.2, 0.25) is 0 Å². The quantitative estimate of drug-likeness (QED) is 0.822. The standard InChI is InChI=1S/C12H12F2N2S/c1-7-2-3-8(17-7)6-16-12-10(15)5-4-9(13)11(12)14/h2-5,16H,6,15H2,1H3. The molecule has 0 bridgehead atoms. The first-order valence-corrected chi connectivity index (χ1v) is 5.92. The van der Waals surface area contributed by atoms with E-state index in [1.165, 1.54) is 10.9 Å². The van der Waals surface area contributed by atoms with Crippen LogP contribution in [0.1, 0.15) is 9.75 Å². The minimum Gasteiger partial charge on any atom is -0.397 e. The third kappa shape index (κ3) is 2.55. The number of aryl methyl sites for hydroxylation is 1. The van der Waals surface area contributed by atoms with Crippen molar-refractivity contribution in [2.75, 3.05) is 11.1 Å². The molecule has 90 valence electrons. The molecule has 0 amide bonds. The first-order chi connectivity index (χ1) is 8.08. The summed E-state index contributed by atoms with van der Waals surface area (Å²) in [5, 5.41) is 2.82. The van der Waals surface area contributed by atoms with Gasteiger partial charge in [-0.1, -0.05) is 0 Å². The van der Waals surface area contributed by atoms with E-state index in [0.29, 0.717) is 6.54 Å². The lowest BCUT2D eigenvalue weighted by atomic mass is 10.2. The Morgan fingerprint density at radius 3 is 2.65 bits per heavy atom. The second-order valence-corrected chi connectivity index (χ2v) is 5.06. The lowest BCUT2D eigenvalue weighted by Crippen LogP contribution is -2.05. The topological polar surface area (TPSA) is 38.0 Å². The average Bonchev–Trinajstić information content (AvgIpc) is 2.70. The molecule has 5 heteroatoms. The van der Waals surface area contributed by atoms with E-state index < -0.39 is 11.6 Å². The third-order valence-electron chi connectivity index (χ3n) is 2.36. The highest BCUT2D eigenvalue weighted by atomic mass is 32.1. The molecule has 0 aliphatic rings. The second-order valence-electron chi connectivity index (χ2n) is 3.69. The van der Waals surface area contributed by atoms with Gasteiger partial charge in [-0.15, -0.1) is 11.3 Å². The van der Waals surface area contributed by atoms with Crippen LogP contribution in [0, 0.1) is 18.6 Å². The number of nitrogens with two attached hydrogens (primary N) is 1. The number of thiophene rings is 1. The maximum Gasteiger partial charge on any atom is 0.183 e. The van der Waals surface area contributed by atoms with Crippen molar-refractivity contribution in [3.05, 3.63) is 45.7 Å². The van der Waals surface area contributed by atoms with E-state index in [0.717, 1.165) is 10.9 Å². The van der Waals surface area contributed by atoms with Gasteiger partial charge >= 0.3 is 0 Å². The molecule has 0 atom stereocenters. The number of nitrogens with one attached hydrogen (secondary N) is 1. The van der Waals surface area contributed by atoms with Gasteiger partial charge in [-0.05, 0) is 31.2 Å². The van der Waals surface area contributed by atoms with Crippen molar-refractivity contribution in [1.82, 2.24) is 0 Å². The molecule has 0 unspecified atom stereocenters. The van der Waals surface area contributed by atoms with Gasteiger partial charge in [0.1, 0.15) is 0 Å². The molecule has 2 nitrogen and oxygen atoms in total. The van der Waals surface area contributed by atoms with E-state index in [1.54, 1.807) is 11.3 Å². The summed E-state index contributed by atoms with van der Waals surface area (Å²) in [6, 6.07) is 6.29. The molecule has 2 aromatic rings. The Labute approximate surface area is 102 Å². The fraction of sp³-hybridized carbons (Fsp3) is 0.167. The molecule has 1 heterocycles. The van der Waals surface area contributed by atoms with Crippen LogP contribution in [-0.4, -0.2) is 0 Å². The molecule has 1 aromatic carbocycles. The highest BCUT2D eigenvalue weighted by Crippen LogP contribution is 2.26. The van der Waals surface area contributed by atoms with Crippen LogP contribution in [0.25, 0.3) is 0 Å². The molecule has 0 spiro atoms. The summed E-state index contributed by atoms with van der Waals surface area (Å²) in [7, 11) is 0. The van der Waals surface area contributed by atoms with Crippen LogP contribution in [0.5, 0.6) is 0 Å². The van der Waals surface area contributed by atoms with E-state index in [4.69, 9.17) is 5.73 Å². The van der Waals surface area contributed by atoms with Gasteiger partial charge in [-0.2, -0.15) is 0 Å². The van der Waals surface area contributed by atoms with Gasteiger partial charge in [0.05, 0.1) is 11.4 Å². The van der Waals surface area contributed by atoms with Crippen molar-refractivity contribution in [3.63, 3.8) is 0 Å². The molecule has 0 aliphatic carbocycles. The normalized spacial score (nSPS) is 10.5. The number of anilines is 2. The summed E-state index contributed by atoms with van der Waals surface area (Å²) in [5.74, 6) is -1.83. The fourth-order valence-corrected chi connectivity index (χ4v) is 2.33. The summed E-state index contributed by atoms with van der Waals surface area (Å²) >= 11 is 1.60. The predicted molar refractivity (Wildman–Crippen MR) is 67.2 cm³/mol. The van der Waals surface area contributed by atoms with Crippen LogP contribution in [0.4, 0.5) is 20.2 Å². The van der Waals surface area contributed by atoms with Gasteiger partial charge in [-0.25, -0.2) is 8.78 Å². The third-order valence-corrected chi connectivity index (χ3v) is 3.36. The molecule has 0 radical (unpaired) electrons. The summed E-state index contributed by atoms with van der Waals surface area (Å²) in [5.41, 5.74) is 5.82. The Morgan fingerprint density at radius 1 is 1.24 bits per heavy atom. The van der Waals surface area contributed by atoms with Crippen LogP contribution in [0.15, 0.2) is 24.3 Å². The molecule has 2 rings (SSSR count). The Hall–Kier alpha value is -1.62. The molecule has 0 saturated carbocycles. The Balaban J connectivity index is 2.16. The highest BCUT2D eigenvalue weighted by Gasteiger charge is 2.11. The lowest BCUT2D eigenvalue weighted by molar-refractivity contribution is 0.511. The van der Waals surface area contributed by atoms with Crippen molar-refractivity contribution in [2.24, 2.45) is 0 Å². The molecule has 0 fully saturated rings. The lowest BCUT2D eigenvalue weighted by Gasteiger charge is -2.09. The Bertz CT molecular complexity index is 537. The molecule has 0 saturated heterocycles. The van der Waals surface area contributed by atoms with Crippen molar-refractivity contribution in [2.45, 2.75) is 13.5 Å². The van der Waals surface area contributed by atoms with Crippen LogP contribution in [0.3, 0.4) is 0 Å². The van der Waals surface area contributed by atoms with Crippen LogP contribution in [-0.2, 0) is 6.54 Å². The van der Waals surface area contributed by atoms with Gasteiger partial charge in [0.25, 0.3) is 0 Å². The largest absolute Gasteiger partial charge is 0.397 e. The van der Waals surface area contributed by atoms with Crippen molar-refractivity contribution >= 4 is 22.7 Å². The zero-order valence-electron chi connectivity index (χ0n) is 9.26. The van der Waals surface area contributed by atoms with Gasteiger partial charge < -0.3 is 11.1 Å². The number of hydrogen-bond acceptors (Lipinski definition) is 3. The summed E-state index contributed by atoms with van der Waals surface area (Å²) in [6.45, 7) is 2.42. The Morgan fingerprint density at radius 2 is 2.00 bits per heavy atom. The van der Waals surface area contributed by atoms with Crippen LogP contribution >= 0.6 is 11.3 Å². The zero-order chi connectivity index (χ0) is 12.4. The van der Waals surface area contributed by atoms with Gasteiger partial charge in [-0.3, -0.25) is 0 Å². The van der Waals surface area contributed by atoms with E-state index in [1.807, 2.05) is 19.1 Å². The van der Waals surface area contributed by atoms with Crippen molar-refractivity contribution < 1.29 is 8.78 Å². The molecular formula is C12H12F2N2S. The second kappa shape index (κ2) is 4.71. The summed E-state index contributed by atoms with van der Waals surface area (Å²) < 4.78 is 26.5. The number of hydrogen-bond donors (Lipinski definition) is 2. The molecule has 0 aliphatic heterocycles. The first-order valence-electron chi connectivity index (χ1n) is 5.10. The number of nitrogen functional groups attached to an aromatic ring is 1. The van der Waals surface area contributed by atoms with E-state index in [9.17, 15) is 8.78 Å². The molecule has 17 heavy (non-hydrogen) atoms. The maximum atomic E-state index is 13.5. The first kappa shape index (κ1) is 11.9. The minimum absolute atomic E-state index is 0.0241. The van der Waals surface area contributed by atoms with Crippen LogP contribution in [0.2, 0.25) is 0 Å². The van der Waals surface area contributed by atoms with Crippen molar-refractivity contribution in [1.29, 1.82) is 0 Å². The highest BCUT2D eigenvalue weighted by molar-refractivity contribution is 7.11. The zero-order valence-corrected chi connectivity index (χ0v) is 10.1. The molecular weight excluding hydrogens is 242 g/mol. The summed E-state index contributed by atoms with van der Waals surface area (Å²) in [6.07, 6.45) is 0. The minimum atomic E-state index is -0.932.